The van der Waals surface area contributed by atoms with Crippen LogP contribution in [-0.4, -0.2) is 24.3 Å². The van der Waals surface area contributed by atoms with E-state index in [0.29, 0.717) is 21.3 Å². The lowest BCUT2D eigenvalue weighted by Gasteiger charge is -2.11. The normalized spacial score (nSPS) is 10.3. The molecule has 106 valence electrons. The number of hydrogen-bond donors (Lipinski definition) is 1. The van der Waals surface area contributed by atoms with Gasteiger partial charge in [-0.1, -0.05) is 13.3 Å². The minimum Gasteiger partial charge on any atom is -0.480 e. The molecule has 4 nitrogen and oxygen atoms in total. The fourth-order valence-corrected chi connectivity index (χ4v) is 2.85. The molecular weight excluding hydrogens is 380 g/mol. The minimum absolute atomic E-state index is 0.0590. The molecule has 0 radical (unpaired) electrons. The summed E-state index contributed by atoms with van der Waals surface area (Å²) in [6, 6.07) is 3.48. The van der Waals surface area contributed by atoms with Crippen LogP contribution in [0.2, 0.25) is 0 Å². The standard InChI is InChI=1S/C13H16Br2O4/c1-2-3-4-18-12(17)8-19-13-10(14)5-9(7-16)6-11(13)15/h5-6,16H,2-4,7-8H2,1H3. The largest absolute Gasteiger partial charge is 0.480 e. The average molecular weight is 396 g/mol. The second-order valence-electron chi connectivity index (χ2n) is 3.91. The van der Waals surface area contributed by atoms with Gasteiger partial charge in [0.05, 0.1) is 22.2 Å². The van der Waals surface area contributed by atoms with Crippen molar-refractivity contribution in [1.29, 1.82) is 0 Å². The van der Waals surface area contributed by atoms with Crippen LogP contribution in [-0.2, 0) is 16.1 Å². The summed E-state index contributed by atoms with van der Waals surface area (Å²) in [4.78, 5) is 11.4. The number of carbonyl (C=O) groups is 1. The predicted octanol–water partition coefficient (Wildman–Crippen LogP) is 3.43. The molecule has 0 aliphatic carbocycles. The van der Waals surface area contributed by atoms with Crippen molar-refractivity contribution in [3.63, 3.8) is 0 Å². The summed E-state index contributed by atoms with van der Waals surface area (Å²) in [5.41, 5.74) is 0.747. The van der Waals surface area contributed by atoms with Crippen LogP contribution in [0, 0.1) is 0 Å². The van der Waals surface area contributed by atoms with Crippen molar-refractivity contribution in [3.8, 4) is 5.75 Å². The van der Waals surface area contributed by atoms with E-state index in [2.05, 4.69) is 31.9 Å². The number of unbranched alkanes of at least 4 members (excludes halogenated alkanes) is 1. The maximum atomic E-state index is 11.4. The molecule has 0 saturated carbocycles. The molecule has 0 aliphatic rings. The first-order valence-electron chi connectivity index (χ1n) is 5.95. The third-order valence-electron chi connectivity index (χ3n) is 2.34. The lowest BCUT2D eigenvalue weighted by Crippen LogP contribution is -2.15. The molecule has 0 heterocycles. The van der Waals surface area contributed by atoms with Gasteiger partial charge in [0.25, 0.3) is 0 Å². The second-order valence-corrected chi connectivity index (χ2v) is 5.62. The predicted molar refractivity (Wildman–Crippen MR) is 79.1 cm³/mol. The Hall–Kier alpha value is -0.590. The highest BCUT2D eigenvalue weighted by molar-refractivity contribution is 9.11. The van der Waals surface area contributed by atoms with E-state index in [9.17, 15) is 4.79 Å². The molecule has 1 aromatic rings. The van der Waals surface area contributed by atoms with E-state index in [-0.39, 0.29) is 13.2 Å². The number of rotatable bonds is 7. The summed E-state index contributed by atoms with van der Waals surface area (Å²) in [5.74, 6) is 0.128. The van der Waals surface area contributed by atoms with Crippen LogP contribution < -0.4 is 4.74 Å². The Morgan fingerprint density at radius 3 is 2.47 bits per heavy atom. The SMILES string of the molecule is CCCCOC(=O)COc1c(Br)cc(CO)cc1Br. The molecule has 19 heavy (non-hydrogen) atoms. The van der Waals surface area contributed by atoms with Crippen LogP contribution in [0.4, 0.5) is 0 Å². The molecule has 0 amide bonds. The number of benzene rings is 1. The Kier molecular flexibility index (Phi) is 7.41. The first kappa shape index (κ1) is 16.5. The van der Waals surface area contributed by atoms with E-state index in [1.165, 1.54) is 0 Å². The van der Waals surface area contributed by atoms with Crippen molar-refractivity contribution < 1.29 is 19.4 Å². The first-order valence-corrected chi connectivity index (χ1v) is 7.54. The number of ether oxygens (including phenoxy) is 2. The zero-order chi connectivity index (χ0) is 14.3. The Morgan fingerprint density at radius 2 is 1.95 bits per heavy atom. The molecular formula is C13H16Br2O4. The molecule has 0 unspecified atom stereocenters. The summed E-state index contributed by atoms with van der Waals surface area (Å²) in [6.45, 7) is 2.25. The number of aliphatic hydroxyl groups is 1. The zero-order valence-corrected chi connectivity index (χ0v) is 13.8. The van der Waals surface area contributed by atoms with E-state index >= 15 is 0 Å². The van der Waals surface area contributed by atoms with Gasteiger partial charge >= 0.3 is 5.97 Å². The van der Waals surface area contributed by atoms with Gasteiger partial charge in [0.15, 0.2) is 6.61 Å². The van der Waals surface area contributed by atoms with E-state index in [1.807, 2.05) is 6.92 Å². The number of carbonyl (C=O) groups excluding carboxylic acids is 1. The van der Waals surface area contributed by atoms with Crippen molar-refractivity contribution in [3.05, 3.63) is 26.6 Å². The summed E-state index contributed by atoms with van der Waals surface area (Å²) >= 11 is 6.67. The molecule has 1 N–H and O–H groups in total. The van der Waals surface area contributed by atoms with Gasteiger partial charge in [-0.15, -0.1) is 0 Å². The highest BCUT2D eigenvalue weighted by Gasteiger charge is 2.11. The van der Waals surface area contributed by atoms with Gasteiger partial charge in [0.2, 0.25) is 0 Å². The molecule has 1 rings (SSSR count). The third kappa shape index (κ3) is 5.50. The lowest BCUT2D eigenvalue weighted by molar-refractivity contribution is -0.146. The lowest BCUT2D eigenvalue weighted by atomic mass is 10.2. The monoisotopic (exact) mass is 394 g/mol. The molecule has 0 fully saturated rings. The number of esters is 1. The number of halogens is 2. The Balaban J connectivity index is 2.55. The van der Waals surface area contributed by atoms with Crippen LogP contribution >= 0.6 is 31.9 Å². The van der Waals surface area contributed by atoms with Gasteiger partial charge in [-0.3, -0.25) is 0 Å². The van der Waals surface area contributed by atoms with E-state index in [0.717, 1.165) is 18.4 Å². The maximum Gasteiger partial charge on any atom is 0.344 e. The highest BCUT2D eigenvalue weighted by Crippen LogP contribution is 2.34. The molecule has 0 saturated heterocycles. The van der Waals surface area contributed by atoms with E-state index in [1.54, 1.807) is 12.1 Å². The van der Waals surface area contributed by atoms with Crippen molar-refractivity contribution >= 4 is 37.8 Å². The van der Waals surface area contributed by atoms with Crippen LogP contribution in [0.25, 0.3) is 0 Å². The number of hydrogen-bond acceptors (Lipinski definition) is 4. The first-order chi connectivity index (χ1) is 9.08. The van der Waals surface area contributed by atoms with Crippen molar-refractivity contribution in [2.24, 2.45) is 0 Å². The van der Waals surface area contributed by atoms with Gasteiger partial charge in [-0.2, -0.15) is 0 Å². The van der Waals surface area contributed by atoms with Gasteiger partial charge < -0.3 is 14.6 Å². The minimum atomic E-state index is -0.390. The summed E-state index contributed by atoms with van der Waals surface area (Å²) < 4.78 is 11.8. The van der Waals surface area contributed by atoms with E-state index < -0.39 is 5.97 Å². The van der Waals surface area contributed by atoms with Crippen molar-refractivity contribution in [2.45, 2.75) is 26.4 Å². The maximum absolute atomic E-state index is 11.4. The summed E-state index contributed by atoms with van der Waals surface area (Å²) in [7, 11) is 0. The Morgan fingerprint density at radius 1 is 1.32 bits per heavy atom. The van der Waals surface area contributed by atoms with Gasteiger partial charge in [0.1, 0.15) is 5.75 Å². The molecule has 1 aromatic carbocycles. The second kappa shape index (κ2) is 8.55. The molecule has 0 aliphatic heterocycles. The van der Waals surface area contributed by atoms with Gasteiger partial charge in [0, 0.05) is 0 Å². The third-order valence-corrected chi connectivity index (χ3v) is 3.51. The molecule has 0 atom stereocenters. The van der Waals surface area contributed by atoms with Crippen molar-refractivity contribution in [1.82, 2.24) is 0 Å². The summed E-state index contributed by atoms with van der Waals surface area (Å²) in [6.07, 6.45) is 1.83. The molecule has 6 heteroatoms. The zero-order valence-electron chi connectivity index (χ0n) is 10.6. The molecule has 0 aromatic heterocycles. The topological polar surface area (TPSA) is 55.8 Å². The highest BCUT2D eigenvalue weighted by atomic mass is 79.9. The van der Waals surface area contributed by atoms with Gasteiger partial charge in [-0.25, -0.2) is 4.79 Å². The fraction of sp³-hybridized carbons (Fsp3) is 0.462. The molecule has 0 spiro atoms. The smallest absolute Gasteiger partial charge is 0.344 e. The van der Waals surface area contributed by atoms with Crippen LogP contribution in [0.15, 0.2) is 21.1 Å². The fourth-order valence-electron chi connectivity index (χ4n) is 1.34. The van der Waals surface area contributed by atoms with Crippen LogP contribution in [0.5, 0.6) is 5.75 Å². The Labute approximate surface area is 129 Å². The number of aliphatic hydroxyl groups excluding tert-OH is 1. The van der Waals surface area contributed by atoms with Gasteiger partial charge in [-0.05, 0) is 56.0 Å². The van der Waals surface area contributed by atoms with Crippen LogP contribution in [0.1, 0.15) is 25.3 Å². The Bertz CT molecular complexity index is 412. The van der Waals surface area contributed by atoms with Crippen molar-refractivity contribution in [2.75, 3.05) is 13.2 Å². The average Bonchev–Trinajstić information content (AvgIpc) is 2.37. The van der Waals surface area contributed by atoms with Crippen LogP contribution in [0.3, 0.4) is 0 Å². The quantitative estimate of drug-likeness (QED) is 0.567. The van der Waals surface area contributed by atoms with E-state index in [4.69, 9.17) is 14.6 Å². The molecule has 0 bridgehead atoms. The summed E-state index contributed by atoms with van der Waals surface area (Å²) in [5, 5.41) is 9.06.